The van der Waals surface area contributed by atoms with Gasteiger partial charge < -0.3 is 10.1 Å². The van der Waals surface area contributed by atoms with E-state index in [1.54, 1.807) is 36.0 Å². The van der Waals surface area contributed by atoms with Gasteiger partial charge in [-0.1, -0.05) is 19.1 Å². The number of methoxy groups -OCH3 is 1. The summed E-state index contributed by atoms with van der Waals surface area (Å²) < 4.78 is 46.1. The highest BCUT2D eigenvalue weighted by molar-refractivity contribution is 7.99. The summed E-state index contributed by atoms with van der Waals surface area (Å²) >= 11 is 1.56. The fourth-order valence-corrected chi connectivity index (χ4v) is 4.68. The first-order chi connectivity index (χ1) is 14.8. The molecule has 0 heterocycles. The average Bonchev–Trinajstić information content (AvgIpc) is 2.74. The lowest BCUT2D eigenvalue weighted by molar-refractivity contribution is 0.102. The third-order valence-electron chi connectivity index (χ3n) is 4.26. The van der Waals surface area contributed by atoms with Crippen molar-refractivity contribution in [2.75, 3.05) is 22.9 Å². The standard InChI is InChI=1S/C22H21FN2O4S2/c1-3-30-21-7-5-4-6-18(21)22(26)24-16-10-13-20(29-2)19(14-16)25-31(27,28)17-11-8-15(23)9-12-17/h4-14,25H,3H2,1-2H3,(H,24,26). The van der Waals surface area contributed by atoms with E-state index >= 15 is 0 Å². The molecule has 0 aliphatic rings. The van der Waals surface area contributed by atoms with Gasteiger partial charge in [-0.3, -0.25) is 9.52 Å². The van der Waals surface area contributed by atoms with E-state index in [1.807, 2.05) is 19.1 Å². The van der Waals surface area contributed by atoms with Crippen LogP contribution in [0.5, 0.6) is 5.75 Å². The predicted molar refractivity (Wildman–Crippen MR) is 121 cm³/mol. The number of halogens is 1. The van der Waals surface area contributed by atoms with Crippen LogP contribution in [0.4, 0.5) is 15.8 Å². The molecule has 0 aliphatic heterocycles. The molecule has 0 fully saturated rings. The van der Waals surface area contributed by atoms with Crippen LogP contribution in [0.3, 0.4) is 0 Å². The molecule has 6 nitrogen and oxygen atoms in total. The number of amides is 1. The van der Waals surface area contributed by atoms with E-state index in [4.69, 9.17) is 4.74 Å². The van der Waals surface area contributed by atoms with Gasteiger partial charge in [0.05, 0.1) is 23.3 Å². The summed E-state index contributed by atoms with van der Waals surface area (Å²) in [5.74, 6) is 0.240. The van der Waals surface area contributed by atoms with Gasteiger partial charge in [-0.15, -0.1) is 11.8 Å². The van der Waals surface area contributed by atoms with Crippen LogP contribution in [0, 0.1) is 5.82 Å². The number of carbonyl (C=O) groups is 1. The van der Waals surface area contributed by atoms with Crippen molar-refractivity contribution in [3.8, 4) is 5.75 Å². The zero-order valence-corrected chi connectivity index (χ0v) is 18.5. The number of benzene rings is 3. The first-order valence-electron chi connectivity index (χ1n) is 9.33. The smallest absolute Gasteiger partial charge is 0.262 e. The van der Waals surface area contributed by atoms with Gasteiger partial charge in [0.2, 0.25) is 0 Å². The van der Waals surface area contributed by atoms with E-state index in [9.17, 15) is 17.6 Å². The molecule has 0 unspecified atom stereocenters. The summed E-state index contributed by atoms with van der Waals surface area (Å²) in [5, 5.41) is 2.79. The Labute approximate surface area is 184 Å². The van der Waals surface area contributed by atoms with E-state index in [0.717, 1.165) is 34.9 Å². The Morgan fingerprint density at radius 2 is 1.77 bits per heavy atom. The van der Waals surface area contributed by atoms with Crippen molar-refractivity contribution in [3.05, 3.63) is 78.1 Å². The predicted octanol–water partition coefficient (Wildman–Crippen LogP) is 5.00. The molecule has 0 spiro atoms. The molecule has 0 atom stereocenters. The molecular formula is C22H21FN2O4S2. The number of hydrogen-bond acceptors (Lipinski definition) is 5. The van der Waals surface area contributed by atoms with E-state index in [0.29, 0.717) is 11.3 Å². The lowest BCUT2D eigenvalue weighted by Crippen LogP contribution is -2.15. The van der Waals surface area contributed by atoms with E-state index < -0.39 is 15.8 Å². The van der Waals surface area contributed by atoms with Crippen molar-refractivity contribution in [2.24, 2.45) is 0 Å². The van der Waals surface area contributed by atoms with E-state index in [1.165, 1.54) is 13.2 Å². The minimum absolute atomic E-state index is 0.101. The summed E-state index contributed by atoms with van der Waals surface area (Å²) in [4.78, 5) is 13.5. The van der Waals surface area contributed by atoms with Gasteiger partial charge in [-0.2, -0.15) is 0 Å². The van der Waals surface area contributed by atoms with Gasteiger partial charge in [0.1, 0.15) is 11.6 Å². The van der Waals surface area contributed by atoms with Gasteiger partial charge in [0, 0.05) is 10.6 Å². The van der Waals surface area contributed by atoms with Crippen LogP contribution in [-0.4, -0.2) is 27.2 Å². The molecule has 2 N–H and O–H groups in total. The highest BCUT2D eigenvalue weighted by Gasteiger charge is 2.18. The van der Waals surface area contributed by atoms with Crippen molar-refractivity contribution in [2.45, 2.75) is 16.7 Å². The Bertz CT molecular complexity index is 1180. The lowest BCUT2D eigenvalue weighted by Gasteiger charge is -2.14. The van der Waals surface area contributed by atoms with Gasteiger partial charge in [0.15, 0.2) is 0 Å². The molecule has 0 bridgehead atoms. The van der Waals surface area contributed by atoms with Crippen molar-refractivity contribution in [1.29, 1.82) is 0 Å². The molecule has 0 aliphatic carbocycles. The molecule has 0 aromatic heterocycles. The second kappa shape index (κ2) is 9.84. The Hall–Kier alpha value is -3.04. The third-order valence-corrected chi connectivity index (χ3v) is 6.59. The minimum Gasteiger partial charge on any atom is -0.495 e. The largest absolute Gasteiger partial charge is 0.495 e. The second-order valence-corrected chi connectivity index (χ2v) is 9.35. The van der Waals surface area contributed by atoms with Crippen LogP contribution in [-0.2, 0) is 10.0 Å². The Morgan fingerprint density at radius 1 is 1.06 bits per heavy atom. The molecule has 3 aromatic rings. The number of nitrogens with one attached hydrogen (secondary N) is 2. The van der Waals surface area contributed by atoms with Crippen molar-refractivity contribution >= 4 is 39.1 Å². The maximum absolute atomic E-state index is 13.1. The summed E-state index contributed by atoms with van der Waals surface area (Å²) in [6, 6.07) is 16.3. The molecule has 31 heavy (non-hydrogen) atoms. The highest BCUT2D eigenvalue weighted by atomic mass is 32.2. The Morgan fingerprint density at radius 3 is 2.45 bits per heavy atom. The molecule has 0 saturated carbocycles. The number of rotatable bonds is 8. The van der Waals surface area contributed by atoms with Gasteiger partial charge in [-0.05, 0) is 60.4 Å². The SMILES string of the molecule is CCSc1ccccc1C(=O)Nc1ccc(OC)c(NS(=O)(=O)c2ccc(F)cc2)c1. The third kappa shape index (κ3) is 5.56. The number of sulfonamides is 1. The molecule has 9 heteroatoms. The quantitative estimate of drug-likeness (QED) is 0.462. The molecule has 1 amide bonds. The molecular weight excluding hydrogens is 439 g/mol. The lowest BCUT2D eigenvalue weighted by atomic mass is 10.2. The van der Waals surface area contributed by atoms with E-state index in [-0.39, 0.29) is 22.2 Å². The fraction of sp³-hybridized carbons (Fsp3) is 0.136. The van der Waals surface area contributed by atoms with Gasteiger partial charge in [0.25, 0.3) is 15.9 Å². The normalized spacial score (nSPS) is 11.1. The number of carbonyl (C=O) groups excluding carboxylic acids is 1. The van der Waals surface area contributed by atoms with Crippen LogP contribution in [0.1, 0.15) is 17.3 Å². The molecule has 0 radical (unpaired) electrons. The van der Waals surface area contributed by atoms with Crippen LogP contribution in [0.2, 0.25) is 0 Å². The highest BCUT2D eigenvalue weighted by Crippen LogP contribution is 2.31. The molecule has 3 aromatic carbocycles. The Balaban J connectivity index is 1.87. The number of hydrogen-bond donors (Lipinski definition) is 2. The monoisotopic (exact) mass is 460 g/mol. The molecule has 0 saturated heterocycles. The van der Waals surface area contributed by atoms with Crippen molar-refractivity contribution in [1.82, 2.24) is 0 Å². The molecule has 162 valence electrons. The maximum atomic E-state index is 13.1. The summed E-state index contributed by atoms with van der Waals surface area (Å²) in [6.45, 7) is 2.00. The number of thioether (sulfide) groups is 1. The summed E-state index contributed by atoms with van der Waals surface area (Å²) in [7, 11) is -2.58. The Kier molecular flexibility index (Phi) is 7.19. The summed E-state index contributed by atoms with van der Waals surface area (Å²) in [6.07, 6.45) is 0. The number of ether oxygens (including phenoxy) is 1. The first-order valence-corrected chi connectivity index (χ1v) is 11.8. The van der Waals surface area contributed by atoms with Gasteiger partial charge >= 0.3 is 0 Å². The van der Waals surface area contributed by atoms with Crippen molar-refractivity contribution < 1.29 is 22.3 Å². The van der Waals surface area contributed by atoms with Crippen LogP contribution >= 0.6 is 11.8 Å². The van der Waals surface area contributed by atoms with Crippen LogP contribution in [0.25, 0.3) is 0 Å². The second-order valence-electron chi connectivity index (χ2n) is 6.36. The van der Waals surface area contributed by atoms with E-state index in [2.05, 4.69) is 10.0 Å². The molecule has 3 rings (SSSR count). The van der Waals surface area contributed by atoms with Gasteiger partial charge in [-0.25, -0.2) is 12.8 Å². The summed E-state index contributed by atoms with van der Waals surface area (Å²) in [5.41, 5.74) is 1.05. The zero-order chi connectivity index (χ0) is 22.4. The minimum atomic E-state index is -3.99. The first kappa shape index (κ1) is 22.6. The maximum Gasteiger partial charge on any atom is 0.262 e. The van der Waals surface area contributed by atoms with Crippen LogP contribution in [0.15, 0.2) is 76.5 Å². The fourth-order valence-electron chi connectivity index (χ4n) is 2.82. The topological polar surface area (TPSA) is 84.5 Å². The number of anilines is 2. The average molecular weight is 461 g/mol. The van der Waals surface area contributed by atoms with Crippen LogP contribution < -0.4 is 14.8 Å². The van der Waals surface area contributed by atoms with Crippen molar-refractivity contribution in [3.63, 3.8) is 0 Å². The zero-order valence-electron chi connectivity index (χ0n) is 16.9.